The van der Waals surface area contributed by atoms with Crippen molar-refractivity contribution in [2.24, 2.45) is 0 Å². The fraction of sp³-hybridized carbons (Fsp3) is 0.160. The van der Waals surface area contributed by atoms with Crippen LogP contribution in [0.1, 0.15) is 5.69 Å². The third-order valence-electron chi connectivity index (χ3n) is 5.30. The number of halogens is 2. The van der Waals surface area contributed by atoms with Gasteiger partial charge in [0.15, 0.2) is 15.7 Å². The molecular weight excluding hydrogens is 537 g/mol. The van der Waals surface area contributed by atoms with Crippen LogP contribution in [-0.2, 0) is 20.4 Å². The molecule has 4 rings (SSSR count). The quantitative estimate of drug-likeness (QED) is 0.266. The predicted molar refractivity (Wildman–Crippen MR) is 146 cm³/mol. The number of anilines is 3. The van der Waals surface area contributed by atoms with Crippen molar-refractivity contribution in [3.8, 4) is 5.75 Å². The zero-order chi connectivity index (χ0) is 26.6. The SMILES string of the molecule is CNCC(=O)Nc1cc(S(=O)(=O)Cc2nc3ccccc3nc2Nc2cc(OC)ccc2Cl)ccc1Cl. The van der Waals surface area contributed by atoms with Gasteiger partial charge >= 0.3 is 0 Å². The lowest BCUT2D eigenvalue weighted by atomic mass is 10.2. The number of nitrogens with one attached hydrogen (secondary N) is 3. The number of likely N-dealkylation sites (N-methyl/N-ethyl adjacent to an activating group) is 1. The van der Waals surface area contributed by atoms with Crippen LogP contribution in [0.2, 0.25) is 10.0 Å². The molecule has 1 aromatic heterocycles. The normalized spacial score (nSPS) is 11.4. The van der Waals surface area contributed by atoms with Crippen LogP contribution in [0.4, 0.5) is 17.2 Å². The number of para-hydroxylation sites is 2. The van der Waals surface area contributed by atoms with E-state index in [4.69, 9.17) is 27.9 Å². The van der Waals surface area contributed by atoms with Crippen molar-refractivity contribution in [1.29, 1.82) is 0 Å². The van der Waals surface area contributed by atoms with Gasteiger partial charge in [-0.2, -0.15) is 0 Å². The summed E-state index contributed by atoms with van der Waals surface area (Å²) in [5.74, 6) is -0.0425. The number of ether oxygens (including phenoxy) is 1. The number of carbonyl (C=O) groups is 1. The number of carbonyl (C=O) groups excluding carboxylic acids is 1. The number of hydrogen-bond donors (Lipinski definition) is 3. The molecule has 3 aromatic carbocycles. The van der Waals surface area contributed by atoms with Crippen LogP contribution in [0, 0.1) is 0 Å². The number of fused-ring (bicyclic) bond motifs is 1. The first kappa shape index (κ1) is 26.6. The summed E-state index contributed by atoms with van der Waals surface area (Å²) in [6.45, 7) is 0.0435. The van der Waals surface area contributed by atoms with Gasteiger partial charge in [0.2, 0.25) is 5.91 Å². The smallest absolute Gasteiger partial charge is 0.238 e. The Kier molecular flexibility index (Phi) is 8.13. The Balaban J connectivity index is 1.74. The van der Waals surface area contributed by atoms with Crippen LogP contribution in [-0.4, -0.2) is 45.0 Å². The second-order valence-corrected chi connectivity index (χ2v) is 10.8. The maximum absolute atomic E-state index is 13.5. The van der Waals surface area contributed by atoms with Crippen molar-refractivity contribution in [2.45, 2.75) is 10.6 Å². The van der Waals surface area contributed by atoms with Crippen molar-refractivity contribution >= 4 is 67.2 Å². The van der Waals surface area contributed by atoms with Crippen LogP contribution < -0.4 is 20.7 Å². The van der Waals surface area contributed by atoms with E-state index in [0.29, 0.717) is 27.5 Å². The van der Waals surface area contributed by atoms with Gasteiger partial charge < -0.3 is 20.7 Å². The minimum Gasteiger partial charge on any atom is -0.497 e. The van der Waals surface area contributed by atoms with Crippen molar-refractivity contribution in [3.63, 3.8) is 0 Å². The summed E-state index contributed by atoms with van der Waals surface area (Å²) in [7, 11) is -0.781. The minimum atomic E-state index is -3.93. The number of hydrogen-bond acceptors (Lipinski definition) is 8. The summed E-state index contributed by atoms with van der Waals surface area (Å²) in [6, 6.07) is 16.3. The number of benzene rings is 3. The van der Waals surface area contributed by atoms with E-state index in [1.54, 1.807) is 43.4 Å². The molecule has 0 spiro atoms. The van der Waals surface area contributed by atoms with E-state index < -0.39 is 15.6 Å². The Hall–Kier alpha value is -3.44. The van der Waals surface area contributed by atoms with Gasteiger partial charge in [-0.05, 0) is 49.5 Å². The highest BCUT2D eigenvalue weighted by Gasteiger charge is 2.22. The number of rotatable bonds is 9. The lowest BCUT2D eigenvalue weighted by molar-refractivity contribution is -0.115. The molecule has 0 aliphatic rings. The van der Waals surface area contributed by atoms with Crippen molar-refractivity contribution < 1.29 is 17.9 Å². The van der Waals surface area contributed by atoms with E-state index in [1.807, 2.05) is 6.07 Å². The monoisotopic (exact) mass is 559 g/mol. The molecule has 0 aliphatic carbocycles. The fourth-order valence-electron chi connectivity index (χ4n) is 3.50. The molecule has 3 N–H and O–H groups in total. The highest BCUT2D eigenvalue weighted by molar-refractivity contribution is 7.90. The average Bonchev–Trinajstić information content (AvgIpc) is 2.87. The molecular formula is C25H23Cl2N5O4S. The summed E-state index contributed by atoms with van der Waals surface area (Å²) in [5, 5.41) is 9.04. The van der Waals surface area contributed by atoms with Gasteiger partial charge in [-0.1, -0.05) is 35.3 Å². The topological polar surface area (TPSA) is 122 Å². The lowest BCUT2D eigenvalue weighted by Gasteiger charge is -2.15. The number of aromatic nitrogens is 2. The van der Waals surface area contributed by atoms with E-state index in [1.165, 1.54) is 25.3 Å². The number of sulfone groups is 1. The van der Waals surface area contributed by atoms with Gasteiger partial charge in [-0.15, -0.1) is 0 Å². The number of amides is 1. The number of methoxy groups -OCH3 is 1. The third kappa shape index (κ3) is 6.28. The van der Waals surface area contributed by atoms with Crippen molar-refractivity contribution in [2.75, 3.05) is 31.3 Å². The maximum atomic E-state index is 13.5. The number of nitrogens with zero attached hydrogens (tertiary/aromatic N) is 2. The molecule has 0 saturated heterocycles. The standard InChI is InChI=1S/C25H23Cl2N5O4S/c1-28-13-24(33)30-22-12-16(8-10-18(22)27)37(34,35)14-23-25(31-20-6-4-3-5-19(20)29-23)32-21-11-15(36-2)7-9-17(21)26/h3-12,28H,13-14H2,1-2H3,(H,30,33)(H,31,32). The minimum absolute atomic E-state index is 0.0306. The Morgan fingerprint density at radius 3 is 2.32 bits per heavy atom. The summed E-state index contributed by atoms with van der Waals surface area (Å²) < 4.78 is 32.2. The first-order valence-corrected chi connectivity index (χ1v) is 13.4. The van der Waals surface area contributed by atoms with Crippen LogP contribution in [0.25, 0.3) is 11.0 Å². The van der Waals surface area contributed by atoms with Gasteiger partial charge in [-0.25, -0.2) is 18.4 Å². The fourth-order valence-corrected chi connectivity index (χ4v) is 5.13. The Morgan fingerprint density at radius 2 is 1.62 bits per heavy atom. The predicted octanol–water partition coefficient (Wildman–Crippen LogP) is 4.82. The molecule has 0 atom stereocenters. The van der Waals surface area contributed by atoms with Gasteiger partial charge in [0, 0.05) is 6.07 Å². The zero-order valence-electron chi connectivity index (χ0n) is 19.9. The van der Waals surface area contributed by atoms with Crippen LogP contribution in [0.3, 0.4) is 0 Å². The molecule has 1 amide bonds. The van der Waals surface area contributed by atoms with Crippen LogP contribution in [0.15, 0.2) is 65.6 Å². The molecule has 4 aromatic rings. The van der Waals surface area contributed by atoms with E-state index in [2.05, 4.69) is 25.9 Å². The molecule has 12 heteroatoms. The summed E-state index contributed by atoms with van der Waals surface area (Å²) in [4.78, 5) is 21.2. The van der Waals surface area contributed by atoms with E-state index in [9.17, 15) is 13.2 Å². The molecule has 0 bridgehead atoms. The average molecular weight is 560 g/mol. The summed E-state index contributed by atoms with van der Waals surface area (Å²) in [5.41, 5.74) is 1.96. The van der Waals surface area contributed by atoms with Gasteiger partial charge in [0.25, 0.3) is 0 Å². The lowest BCUT2D eigenvalue weighted by Crippen LogP contribution is -2.25. The Morgan fingerprint density at radius 1 is 0.946 bits per heavy atom. The molecule has 0 fully saturated rings. The molecule has 9 nitrogen and oxygen atoms in total. The first-order valence-electron chi connectivity index (χ1n) is 11.0. The largest absolute Gasteiger partial charge is 0.497 e. The molecule has 1 heterocycles. The molecule has 0 saturated carbocycles. The second kappa shape index (κ2) is 11.3. The highest BCUT2D eigenvalue weighted by Crippen LogP contribution is 2.32. The third-order valence-corrected chi connectivity index (χ3v) is 7.59. The van der Waals surface area contributed by atoms with Crippen LogP contribution in [0.5, 0.6) is 5.75 Å². The molecule has 0 unspecified atom stereocenters. The molecule has 192 valence electrons. The maximum Gasteiger partial charge on any atom is 0.238 e. The van der Waals surface area contributed by atoms with Gasteiger partial charge in [-0.3, -0.25) is 4.79 Å². The molecule has 0 radical (unpaired) electrons. The Labute approximate surface area is 224 Å². The first-order chi connectivity index (χ1) is 17.7. The molecule has 0 aliphatic heterocycles. The van der Waals surface area contributed by atoms with Crippen molar-refractivity contribution in [1.82, 2.24) is 15.3 Å². The van der Waals surface area contributed by atoms with Gasteiger partial charge in [0.05, 0.1) is 56.7 Å². The summed E-state index contributed by atoms with van der Waals surface area (Å²) in [6.07, 6.45) is 0. The Bertz CT molecular complexity index is 1580. The van der Waals surface area contributed by atoms with Gasteiger partial charge in [0.1, 0.15) is 11.5 Å². The van der Waals surface area contributed by atoms with Crippen molar-refractivity contribution in [3.05, 3.63) is 76.4 Å². The molecule has 37 heavy (non-hydrogen) atoms. The zero-order valence-corrected chi connectivity index (χ0v) is 22.2. The van der Waals surface area contributed by atoms with E-state index in [-0.39, 0.29) is 39.6 Å². The summed E-state index contributed by atoms with van der Waals surface area (Å²) >= 11 is 12.5. The second-order valence-electron chi connectivity index (χ2n) is 7.96. The van der Waals surface area contributed by atoms with Crippen LogP contribution >= 0.6 is 23.2 Å². The van der Waals surface area contributed by atoms with E-state index in [0.717, 1.165) is 0 Å². The highest BCUT2D eigenvalue weighted by atomic mass is 35.5. The van der Waals surface area contributed by atoms with E-state index >= 15 is 0 Å².